The van der Waals surface area contributed by atoms with Crippen molar-refractivity contribution in [3.8, 4) is 0 Å². The second kappa shape index (κ2) is 11.3. The lowest BCUT2D eigenvalue weighted by molar-refractivity contribution is -0.259. The van der Waals surface area contributed by atoms with E-state index < -0.39 is 47.4 Å². The van der Waals surface area contributed by atoms with E-state index in [0.29, 0.717) is 25.7 Å². The number of fused-ring (bicyclic) bond motifs is 4. The minimum atomic E-state index is -1.36. The van der Waals surface area contributed by atoms with E-state index in [9.17, 15) is 24.6 Å². The molecule has 9 atom stereocenters. The maximum absolute atomic E-state index is 13.6. The maximum atomic E-state index is 13.6. The van der Waals surface area contributed by atoms with Gasteiger partial charge in [-0.1, -0.05) is 32.9 Å². The Balaban J connectivity index is 2.00. The summed E-state index contributed by atoms with van der Waals surface area (Å²) in [6, 6.07) is 0. The van der Waals surface area contributed by atoms with Gasteiger partial charge in [0.05, 0.1) is 11.7 Å². The van der Waals surface area contributed by atoms with Crippen LogP contribution in [0, 0.1) is 23.7 Å². The highest BCUT2D eigenvalue weighted by Gasteiger charge is 2.59. The summed E-state index contributed by atoms with van der Waals surface area (Å²) in [5, 5.41) is 21.2. The van der Waals surface area contributed by atoms with Crippen LogP contribution in [-0.2, 0) is 28.6 Å². The van der Waals surface area contributed by atoms with Gasteiger partial charge in [0.2, 0.25) is 0 Å². The van der Waals surface area contributed by atoms with Gasteiger partial charge < -0.3 is 24.4 Å². The number of aliphatic hydroxyl groups is 2. The van der Waals surface area contributed by atoms with Crippen LogP contribution in [0.2, 0.25) is 0 Å². The zero-order valence-electron chi connectivity index (χ0n) is 22.5. The van der Waals surface area contributed by atoms with E-state index in [1.807, 2.05) is 20.8 Å². The Bertz CT molecular complexity index is 850. The number of aliphatic hydroxyl groups excluding tert-OH is 1. The smallest absolute Gasteiger partial charge is 0.348 e. The lowest BCUT2D eigenvalue weighted by Gasteiger charge is -2.56. The molecule has 2 aliphatic heterocycles. The highest BCUT2D eigenvalue weighted by Crippen LogP contribution is 2.52. The number of hydrogen-bond donors (Lipinski definition) is 2. The van der Waals surface area contributed by atoms with Gasteiger partial charge in [0.15, 0.2) is 6.10 Å². The molecule has 36 heavy (non-hydrogen) atoms. The fourth-order valence-electron chi connectivity index (χ4n) is 6.47. The third-order valence-electron chi connectivity index (χ3n) is 8.57. The van der Waals surface area contributed by atoms with Crippen molar-refractivity contribution >= 4 is 17.7 Å². The molecule has 204 valence electrons. The lowest BCUT2D eigenvalue weighted by atomic mass is 9.57. The first-order chi connectivity index (χ1) is 16.9. The van der Waals surface area contributed by atoms with Crippen molar-refractivity contribution in [2.24, 2.45) is 23.7 Å². The highest BCUT2D eigenvalue weighted by molar-refractivity contribution is 5.85. The van der Waals surface area contributed by atoms with Gasteiger partial charge in [-0.25, -0.2) is 4.79 Å². The zero-order chi connectivity index (χ0) is 26.8. The molecule has 0 aromatic rings. The predicted molar refractivity (Wildman–Crippen MR) is 133 cm³/mol. The van der Waals surface area contributed by atoms with E-state index in [2.05, 4.69) is 6.58 Å². The Morgan fingerprint density at radius 1 is 1.25 bits per heavy atom. The summed E-state index contributed by atoms with van der Waals surface area (Å²) in [5.41, 5.74) is -1.67. The minimum Gasteiger partial charge on any atom is -0.454 e. The van der Waals surface area contributed by atoms with Crippen molar-refractivity contribution in [2.75, 3.05) is 6.61 Å². The average molecular weight is 509 g/mol. The van der Waals surface area contributed by atoms with Gasteiger partial charge in [-0.3, -0.25) is 9.59 Å². The van der Waals surface area contributed by atoms with Gasteiger partial charge in [-0.15, -0.1) is 0 Å². The van der Waals surface area contributed by atoms with Crippen molar-refractivity contribution in [1.29, 1.82) is 0 Å². The van der Waals surface area contributed by atoms with Gasteiger partial charge in [0, 0.05) is 31.3 Å². The van der Waals surface area contributed by atoms with E-state index >= 15 is 0 Å². The summed E-state index contributed by atoms with van der Waals surface area (Å²) in [4.78, 5) is 38.9. The van der Waals surface area contributed by atoms with Crippen LogP contribution >= 0.6 is 0 Å². The average Bonchev–Trinajstić information content (AvgIpc) is 2.80. The molecule has 2 heterocycles. The number of carbonyl (C=O) groups is 3. The zero-order valence-corrected chi connectivity index (χ0v) is 22.5. The van der Waals surface area contributed by atoms with Crippen LogP contribution in [0.5, 0.6) is 0 Å². The molecule has 0 aromatic carbocycles. The monoisotopic (exact) mass is 508 g/mol. The van der Waals surface area contributed by atoms with Crippen LogP contribution in [0.4, 0.5) is 0 Å². The molecule has 3 fully saturated rings. The number of carbonyl (C=O) groups excluding carboxylic acids is 3. The SMILES string of the molecule is C=C1CC[C@H]([C@@H](C)CO)[C@@H]2[C@H]1C(=O)C[C@@](C)(O)[C@H]1CC[C@@](C)(OC(=O)C(CC)OC(=O)CCC)[C@@H]2O1. The van der Waals surface area contributed by atoms with Crippen LogP contribution < -0.4 is 0 Å². The molecule has 2 bridgehead atoms. The molecular weight excluding hydrogens is 464 g/mol. The summed E-state index contributed by atoms with van der Waals surface area (Å²) in [5.74, 6) is -2.23. The summed E-state index contributed by atoms with van der Waals surface area (Å²) < 4.78 is 18.1. The van der Waals surface area contributed by atoms with E-state index in [0.717, 1.165) is 12.0 Å². The third kappa shape index (κ3) is 5.70. The summed E-state index contributed by atoms with van der Waals surface area (Å²) in [6.07, 6.45) is 0.993. The van der Waals surface area contributed by atoms with Crippen molar-refractivity contribution < 1.29 is 38.8 Å². The topological polar surface area (TPSA) is 119 Å². The molecule has 2 N–H and O–H groups in total. The van der Waals surface area contributed by atoms with E-state index in [1.165, 1.54) is 0 Å². The van der Waals surface area contributed by atoms with Gasteiger partial charge in [0.1, 0.15) is 17.5 Å². The molecule has 1 aliphatic carbocycles. The fraction of sp³-hybridized carbons (Fsp3) is 0.821. The molecule has 2 saturated heterocycles. The molecule has 0 spiro atoms. The van der Waals surface area contributed by atoms with Gasteiger partial charge in [-0.2, -0.15) is 0 Å². The van der Waals surface area contributed by atoms with Crippen molar-refractivity contribution in [3.63, 3.8) is 0 Å². The van der Waals surface area contributed by atoms with Crippen LogP contribution in [0.3, 0.4) is 0 Å². The number of rotatable bonds is 8. The number of allylic oxidation sites excluding steroid dienone is 1. The Hall–Kier alpha value is -1.77. The van der Waals surface area contributed by atoms with E-state index in [-0.39, 0.29) is 49.4 Å². The third-order valence-corrected chi connectivity index (χ3v) is 8.57. The predicted octanol–water partition coefficient (Wildman–Crippen LogP) is 3.51. The Kier molecular flexibility index (Phi) is 9.05. The molecule has 0 radical (unpaired) electrons. The fourth-order valence-corrected chi connectivity index (χ4v) is 6.47. The Morgan fingerprint density at radius 2 is 1.94 bits per heavy atom. The van der Waals surface area contributed by atoms with Crippen LogP contribution in [0.25, 0.3) is 0 Å². The molecule has 0 aromatic heterocycles. The van der Waals surface area contributed by atoms with Crippen LogP contribution in [0.1, 0.15) is 86.0 Å². The maximum Gasteiger partial charge on any atom is 0.348 e. The van der Waals surface area contributed by atoms with E-state index in [1.54, 1.807) is 13.8 Å². The number of Topliss-reactive ketones (excluding diaryl/α,β-unsaturated/α-hetero) is 1. The number of hydrogen-bond acceptors (Lipinski definition) is 8. The highest BCUT2D eigenvalue weighted by atomic mass is 16.6. The molecule has 1 saturated carbocycles. The molecule has 1 unspecified atom stereocenters. The van der Waals surface area contributed by atoms with Crippen LogP contribution in [0.15, 0.2) is 12.2 Å². The normalized spacial score (nSPS) is 38.2. The molecule has 3 rings (SSSR count). The first-order valence-electron chi connectivity index (χ1n) is 13.5. The molecule has 8 heteroatoms. The molecule has 0 amide bonds. The van der Waals surface area contributed by atoms with Gasteiger partial charge in [0.25, 0.3) is 0 Å². The molecule has 3 aliphatic rings. The van der Waals surface area contributed by atoms with Gasteiger partial charge >= 0.3 is 11.9 Å². The van der Waals surface area contributed by atoms with Crippen molar-refractivity contribution in [3.05, 3.63) is 12.2 Å². The standard InChI is InChI=1S/C28H44O8/c1-7-9-22(31)34-20(8-2)26(32)36-28(6)13-12-21-27(5,33)14-19(30)23-16(3)10-11-18(17(4)15-29)24(23)25(28)35-21/h17-18,20-21,23-25,29,33H,3,7-15H2,1-2,4-6H3/t17-,18+,20?,21+,23+,24+,25+,27+,28+/m0/s1. The first-order valence-corrected chi connectivity index (χ1v) is 13.5. The molecule has 8 nitrogen and oxygen atoms in total. The van der Waals surface area contributed by atoms with Gasteiger partial charge in [-0.05, 0) is 64.2 Å². The summed E-state index contributed by atoms with van der Waals surface area (Å²) >= 11 is 0. The minimum absolute atomic E-state index is 0.0351. The lowest BCUT2D eigenvalue weighted by Crippen LogP contribution is -2.64. The largest absolute Gasteiger partial charge is 0.454 e. The summed E-state index contributed by atoms with van der Waals surface area (Å²) in [6.45, 7) is 13.2. The Labute approximate surface area is 214 Å². The second-order valence-corrected chi connectivity index (χ2v) is 11.5. The number of esters is 2. The van der Waals surface area contributed by atoms with Crippen molar-refractivity contribution in [1.82, 2.24) is 0 Å². The second-order valence-electron chi connectivity index (χ2n) is 11.5. The number of ketones is 1. The molecular formula is C28H44O8. The number of ether oxygens (including phenoxy) is 3. The Morgan fingerprint density at radius 3 is 2.56 bits per heavy atom. The quantitative estimate of drug-likeness (QED) is 0.378. The first kappa shape index (κ1) is 28.8. The van der Waals surface area contributed by atoms with Crippen LogP contribution in [-0.4, -0.2) is 64.1 Å². The van der Waals surface area contributed by atoms with Crippen molar-refractivity contribution in [2.45, 2.75) is 115 Å². The summed E-state index contributed by atoms with van der Waals surface area (Å²) in [7, 11) is 0. The van der Waals surface area contributed by atoms with E-state index in [4.69, 9.17) is 14.2 Å².